The molecule has 0 aliphatic heterocycles. The molecule has 0 saturated heterocycles. The molecule has 0 aromatic heterocycles. The summed E-state index contributed by atoms with van der Waals surface area (Å²) in [6.45, 7) is 0. The van der Waals surface area contributed by atoms with E-state index in [2.05, 4.69) is 0 Å². The minimum Gasteiger partial charge on any atom is -0.281 e. The molecule has 0 aliphatic carbocycles. The monoisotopic (exact) mass is 500 g/mol. The van der Waals surface area contributed by atoms with Crippen LogP contribution in [0.3, 0.4) is 0 Å². The molecule has 176 valence electrons. The Balaban J connectivity index is 7.96. The Bertz CT molecular complexity index is 709. The highest BCUT2D eigenvalue weighted by atomic mass is 32.2. The normalized spacial score (nSPS) is 16.9. The molecule has 0 spiro atoms. The molecule has 0 heterocycles. The maximum Gasteiger partial charge on any atom is 0.459 e. The predicted octanol–water partition coefficient (Wildman–Crippen LogP) is 5.05. The van der Waals surface area contributed by atoms with Crippen LogP contribution < -0.4 is 0 Å². The Morgan fingerprint density at radius 1 is 0.448 bits per heavy atom. The van der Waals surface area contributed by atoms with Gasteiger partial charge in [-0.1, -0.05) is 0 Å². The summed E-state index contributed by atoms with van der Waals surface area (Å²) in [4.78, 5) is 0. The Kier molecular flexibility index (Phi) is 6.08. The molecule has 0 bridgehead atoms. The SMILES string of the molecule is O=S(=O)(O)C(F)(F)C(F)(F)C(C(F)(F)F)(C(F)(F)F)C(F)(F)C(F)(F)C(F)(F)F. The molecule has 1 N–H and O–H groups in total. The summed E-state index contributed by atoms with van der Waals surface area (Å²) >= 11 is 0. The molecule has 0 amide bonds. The maximum absolute atomic E-state index is 13.5. The highest BCUT2D eigenvalue weighted by molar-refractivity contribution is 7.87. The van der Waals surface area contributed by atoms with Crippen molar-refractivity contribution in [1.82, 2.24) is 0 Å². The topological polar surface area (TPSA) is 54.4 Å². The van der Waals surface area contributed by atoms with Gasteiger partial charge in [0, 0.05) is 0 Å². The minimum atomic E-state index is -9.38. The molecule has 0 unspecified atom stereocenters. The highest BCUT2D eigenvalue weighted by Gasteiger charge is 3.03. The Hall–Kier alpha value is -1.28. The van der Waals surface area contributed by atoms with Crippen molar-refractivity contribution in [1.29, 1.82) is 0 Å². The number of hydrogen-bond donors (Lipinski definition) is 1. The molecule has 21 heteroatoms. The zero-order chi connectivity index (χ0) is 24.5. The molecule has 0 atom stereocenters. The average Bonchev–Trinajstić information content (AvgIpc) is 2.30. The minimum absolute atomic E-state index is 7.76. The van der Waals surface area contributed by atoms with Crippen molar-refractivity contribution in [3.63, 3.8) is 0 Å². The van der Waals surface area contributed by atoms with Gasteiger partial charge in [-0.05, 0) is 0 Å². The summed E-state index contributed by atoms with van der Waals surface area (Å²) in [5, 5.41) is -8.30. The quantitative estimate of drug-likeness (QED) is 0.425. The van der Waals surface area contributed by atoms with E-state index in [0.717, 1.165) is 0 Å². The van der Waals surface area contributed by atoms with E-state index in [1.54, 1.807) is 0 Å². The van der Waals surface area contributed by atoms with Gasteiger partial charge in [-0.25, -0.2) is 0 Å². The molecule has 3 nitrogen and oxygen atoms in total. The molecular formula is C8HF17O3S. The lowest BCUT2D eigenvalue weighted by atomic mass is 9.70. The number of alkyl halides is 17. The van der Waals surface area contributed by atoms with Crippen molar-refractivity contribution in [2.75, 3.05) is 0 Å². The Morgan fingerprint density at radius 3 is 0.897 bits per heavy atom. The van der Waals surface area contributed by atoms with Gasteiger partial charge in [0.25, 0.3) is 5.41 Å². The largest absolute Gasteiger partial charge is 0.459 e. The van der Waals surface area contributed by atoms with Gasteiger partial charge in [0.05, 0.1) is 0 Å². The van der Waals surface area contributed by atoms with Gasteiger partial charge in [-0.2, -0.15) is 83.1 Å². The van der Waals surface area contributed by atoms with Crippen molar-refractivity contribution in [2.24, 2.45) is 5.41 Å². The van der Waals surface area contributed by atoms with Crippen LogP contribution in [0.25, 0.3) is 0 Å². The molecular weight excluding hydrogens is 499 g/mol. The van der Waals surface area contributed by atoms with Gasteiger partial charge in [0.2, 0.25) is 0 Å². The van der Waals surface area contributed by atoms with E-state index in [0.29, 0.717) is 0 Å². The van der Waals surface area contributed by atoms with Crippen molar-refractivity contribution in [3.8, 4) is 0 Å². The molecule has 0 rings (SSSR count). The molecule has 0 radical (unpaired) electrons. The lowest BCUT2D eigenvalue weighted by Crippen LogP contribution is -2.79. The van der Waals surface area contributed by atoms with Gasteiger partial charge >= 0.3 is 51.7 Å². The Morgan fingerprint density at radius 2 is 0.724 bits per heavy atom. The van der Waals surface area contributed by atoms with E-state index < -0.39 is 57.1 Å². The standard InChI is InChI=1S/C8HF17O3S/c9-2(10,4(13,14)7(21,22)23)1(5(15,16)17,6(18,19)20)3(11,12)8(24,25)29(26,27)28/h(H,26,27,28). The summed E-state index contributed by atoms with van der Waals surface area (Å²) in [5.41, 5.74) is -9.38. The van der Waals surface area contributed by atoms with Gasteiger partial charge in [0.15, 0.2) is 0 Å². The lowest BCUT2D eigenvalue weighted by Gasteiger charge is -2.49. The maximum atomic E-state index is 13.5. The number of halogens is 17. The van der Waals surface area contributed by atoms with Crippen LogP contribution in [0, 0.1) is 5.41 Å². The van der Waals surface area contributed by atoms with Crippen LogP contribution in [0.2, 0.25) is 0 Å². The molecule has 0 saturated carbocycles. The first kappa shape index (κ1) is 27.7. The first-order valence-corrected chi connectivity index (χ1v) is 7.12. The first-order chi connectivity index (χ1) is 12.0. The van der Waals surface area contributed by atoms with Crippen LogP contribution in [-0.2, 0) is 10.1 Å². The third-order valence-corrected chi connectivity index (χ3v) is 4.14. The first-order valence-electron chi connectivity index (χ1n) is 5.68. The van der Waals surface area contributed by atoms with Crippen LogP contribution in [-0.4, -0.2) is 54.5 Å². The fraction of sp³-hybridized carbons (Fsp3) is 1.00. The van der Waals surface area contributed by atoms with Gasteiger partial charge in [-0.3, -0.25) is 4.55 Å². The van der Waals surface area contributed by atoms with Crippen LogP contribution in [0.1, 0.15) is 0 Å². The van der Waals surface area contributed by atoms with E-state index in [4.69, 9.17) is 4.55 Å². The fourth-order valence-electron chi connectivity index (χ4n) is 1.86. The second-order valence-electron chi connectivity index (χ2n) is 4.96. The molecule has 0 aromatic carbocycles. The van der Waals surface area contributed by atoms with Crippen LogP contribution in [0.15, 0.2) is 0 Å². The molecule has 29 heavy (non-hydrogen) atoms. The molecule has 0 aromatic rings. The van der Waals surface area contributed by atoms with E-state index in [9.17, 15) is 83.1 Å². The lowest BCUT2D eigenvalue weighted by molar-refractivity contribution is -0.507. The molecule has 0 aliphatic rings. The predicted molar refractivity (Wildman–Crippen MR) is 51.9 cm³/mol. The van der Waals surface area contributed by atoms with Crippen LogP contribution >= 0.6 is 0 Å². The van der Waals surface area contributed by atoms with Gasteiger partial charge in [0.1, 0.15) is 0 Å². The molecule has 0 fully saturated rings. The van der Waals surface area contributed by atoms with Gasteiger partial charge in [-0.15, -0.1) is 0 Å². The average molecular weight is 500 g/mol. The summed E-state index contributed by atoms with van der Waals surface area (Å²) in [6, 6.07) is 0. The third-order valence-electron chi connectivity index (χ3n) is 3.23. The summed E-state index contributed by atoms with van der Waals surface area (Å²) in [7, 11) is -8.25. The second kappa shape index (κ2) is 6.36. The fourth-order valence-corrected chi connectivity index (χ4v) is 2.34. The van der Waals surface area contributed by atoms with Crippen LogP contribution in [0.5, 0.6) is 0 Å². The number of rotatable bonds is 5. The van der Waals surface area contributed by atoms with E-state index in [1.807, 2.05) is 0 Å². The van der Waals surface area contributed by atoms with Crippen molar-refractivity contribution in [3.05, 3.63) is 0 Å². The highest BCUT2D eigenvalue weighted by Crippen LogP contribution is 2.73. The number of hydrogen-bond acceptors (Lipinski definition) is 2. The van der Waals surface area contributed by atoms with Crippen LogP contribution in [0.4, 0.5) is 74.6 Å². The summed E-state index contributed by atoms with van der Waals surface area (Å²) < 4.78 is 246. The van der Waals surface area contributed by atoms with E-state index >= 15 is 0 Å². The van der Waals surface area contributed by atoms with Crippen molar-refractivity contribution >= 4 is 10.1 Å². The van der Waals surface area contributed by atoms with Crippen molar-refractivity contribution in [2.45, 2.75) is 41.6 Å². The second-order valence-corrected chi connectivity index (χ2v) is 6.42. The zero-order valence-electron chi connectivity index (χ0n) is 12.1. The summed E-state index contributed by atoms with van der Waals surface area (Å²) in [5.74, 6) is -27.1. The van der Waals surface area contributed by atoms with E-state index in [-0.39, 0.29) is 0 Å². The Labute approximate surface area is 146 Å². The van der Waals surface area contributed by atoms with Gasteiger partial charge < -0.3 is 0 Å². The van der Waals surface area contributed by atoms with Crippen molar-refractivity contribution < 1.29 is 87.6 Å². The van der Waals surface area contributed by atoms with E-state index in [1.165, 1.54) is 0 Å². The smallest absolute Gasteiger partial charge is 0.281 e. The zero-order valence-corrected chi connectivity index (χ0v) is 12.9. The third kappa shape index (κ3) is 3.26. The summed E-state index contributed by atoms with van der Waals surface area (Å²) in [6.07, 6.45) is -25.9.